The van der Waals surface area contributed by atoms with Crippen LogP contribution >= 0.6 is 0 Å². The average molecular weight is 243 g/mol. The Morgan fingerprint density at radius 3 is 2.61 bits per heavy atom. The van der Waals surface area contributed by atoms with Gasteiger partial charge in [0.15, 0.2) is 0 Å². The highest BCUT2D eigenvalue weighted by Crippen LogP contribution is 2.53. The Balaban J connectivity index is 2.05. The fourth-order valence-electron chi connectivity index (χ4n) is 2.95. The van der Waals surface area contributed by atoms with Crippen molar-refractivity contribution in [3.05, 3.63) is 47.5 Å². The maximum Gasteiger partial charge on any atom is 0.0726 e. The molecule has 3 N–H and O–H groups in total. The highest BCUT2D eigenvalue weighted by atomic mass is 16.3. The number of hydrogen-bond donors (Lipinski definition) is 3. The summed E-state index contributed by atoms with van der Waals surface area (Å²) < 4.78 is 0. The Hall–Kier alpha value is -1.42. The fraction of sp³-hybridized carbons (Fsp3) is 0.333. The summed E-state index contributed by atoms with van der Waals surface area (Å²) in [6.45, 7) is 0.795. The summed E-state index contributed by atoms with van der Waals surface area (Å²) in [7, 11) is 0. The third-order valence-electron chi connectivity index (χ3n) is 3.78. The van der Waals surface area contributed by atoms with E-state index in [-0.39, 0.29) is 18.8 Å². The van der Waals surface area contributed by atoms with Gasteiger partial charge in [-0.1, -0.05) is 36.4 Å². The van der Waals surface area contributed by atoms with Gasteiger partial charge in [0.05, 0.1) is 12.1 Å². The second kappa shape index (κ2) is 4.35. The van der Waals surface area contributed by atoms with Gasteiger partial charge in [-0.2, -0.15) is 0 Å². The molecule has 2 aromatic carbocycles. The van der Waals surface area contributed by atoms with Gasteiger partial charge in [-0.3, -0.25) is 0 Å². The Kier molecular flexibility index (Phi) is 2.82. The van der Waals surface area contributed by atoms with E-state index in [0.717, 1.165) is 0 Å². The van der Waals surface area contributed by atoms with Gasteiger partial charge in [-0.25, -0.2) is 0 Å². The minimum Gasteiger partial charge on any atom is -0.396 e. The van der Waals surface area contributed by atoms with Crippen LogP contribution in [0.3, 0.4) is 0 Å². The van der Waals surface area contributed by atoms with Crippen LogP contribution in [0.1, 0.15) is 17.5 Å². The predicted molar refractivity (Wildman–Crippen MR) is 71.5 cm³/mol. The van der Waals surface area contributed by atoms with Crippen LogP contribution in [0.5, 0.6) is 0 Å². The molecular formula is C15H17NO2. The zero-order valence-electron chi connectivity index (χ0n) is 10.2. The van der Waals surface area contributed by atoms with Crippen molar-refractivity contribution < 1.29 is 10.2 Å². The van der Waals surface area contributed by atoms with E-state index < -0.39 is 0 Å². The van der Waals surface area contributed by atoms with E-state index in [2.05, 4.69) is 29.6 Å². The lowest BCUT2D eigenvalue weighted by Gasteiger charge is -2.16. The number of nitrogens with one attached hydrogen (secondary N) is 1. The zero-order valence-corrected chi connectivity index (χ0v) is 10.2. The molecule has 1 aliphatic rings. The Labute approximate surface area is 106 Å². The van der Waals surface area contributed by atoms with E-state index in [1.807, 2.05) is 12.1 Å². The summed E-state index contributed by atoms with van der Waals surface area (Å²) in [5, 5.41) is 24.1. The quantitative estimate of drug-likeness (QED) is 0.743. The normalized spacial score (nSPS) is 21.0. The van der Waals surface area contributed by atoms with Gasteiger partial charge in [-0.05, 0) is 28.3 Å². The Morgan fingerprint density at radius 2 is 1.83 bits per heavy atom. The second-order valence-electron chi connectivity index (χ2n) is 4.74. The van der Waals surface area contributed by atoms with Crippen LogP contribution in [-0.4, -0.2) is 30.0 Å². The van der Waals surface area contributed by atoms with Gasteiger partial charge in [0.1, 0.15) is 0 Å². The smallest absolute Gasteiger partial charge is 0.0726 e. The molecule has 3 rings (SSSR count). The maximum atomic E-state index is 9.28. The third kappa shape index (κ3) is 1.56. The van der Waals surface area contributed by atoms with Crippen LogP contribution in [0.15, 0.2) is 36.4 Å². The Bertz CT molecular complexity index is 582. The monoisotopic (exact) mass is 243 g/mol. The van der Waals surface area contributed by atoms with Crippen molar-refractivity contribution >= 4 is 10.8 Å². The number of aliphatic hydroxyl groups excluding tert-OH is 2. The molecule has 0 bridgehead atoms. The average Bonchev–Trinajstić information content (AvgIpc) is 3.06. The molecule has 3 heteroatoms. The molecular weight excluding hydrogens is 226 g/mol. The minimum absolute atomic E-state index is 0.110. The molecule has 0 radical (unpaired) electrons. The van der Waals surface area contributed by atoms with Crippen molar-refractivity contribution in [3.8, 4) is 0 Å². The molecule has 1 aliphatic carbocycles. The maximum absolute atomic E-state index is 9.28. The van der Waals surface area contributed by atoms with Crippen molar-refractivity contribution in [2.24, 2.45) is 0 Å². The van der Waals surface area contributed by atoms with E-state index in [0.29, 0.717) is 13.0 Å². The van der Waals surface area contributed by atoms with Gasteiger partial charge in [0.2, 0.25) is 0 Å². The summed E-state index contributed by atoms with van der Waals surface area (Å²) in [4.78, 5) is 0. The van der Waals surface area contributed by atoms with E-state index in [1.165, 1.54) is 21.9 Å². The topological polar surface area (TPSA) is 52.5 Å². The van der Waals surface area contributed by atoms with E-state index in [9.17, 15) is 5.11 Å². The molecule has 3 nitrogen and oxygen atoms in total. The number of fused-ring (bicyclic) bond motifs is 3. The molecule has 18 heavy (non-hydrogen) atoms. The first-order valence-electron chi connectivity index (χ1n) is 6.33. The van der Waals surface area contributed by atoms with Crippen molar-refractivity contribution in [2.75, 3.05) is 19.8 Å². The first-order valence-corrected chi connectivity index (χ1v) is 6.33. The lowest BCUT2D eigenvalue weighted by atomic mass is 10.1. The summed E-state index contributed by atoms with van der Waals surface area (Å²) in [6, 6.07) is 12.5. The van der Waals surface area contributed by atoms with Crippen LogP contribution < -0.4 is 5.32 Å². The van der Waals surface area contributed by atoms with Crippen LogP contribution in [0.25, 0.3) is 10.8 Å². The molecule has 0 fully saturated rings. The molecule has 0 amide bonds. The highest BCUT2D eigenvalue weighted by molar-refractivity contribution is 5.93. The highest BCUT2D eigenvalue weighted by Gasteiger charge is 2.50. The third-order valence-corrected chi connectivity index (χ3v) is 3.78. The molecule has 0 saturated heterocycles. The van der Waals surface area contributed by atoms with Crippen molar-refractivity contribution in [3.63, 3.8) is 0 Å². The molecule has 0 aliphatic heterocycles. The number of benzene rings is 2. The van der Waals surface area contributed by atoms with E-state index in [1.54, 1.807) is 0 Å². The number of aliphatic hydroxyl groups is 2. The summed E-state index contributed by atoms with van der Waals surface area (Å²) in [5.41, 5.74) is 2.31. The molecule has 0 spiro atoms. The van der Waals surface area contributed by atoms with E-state index >= 15 is 0 Å². The van der Waals surface area contributed by atoms with Gasteiger partial charge in [-0.15, -0.1) is 0 Å². The SMILES string of the molecule is OCCNC1(CCO)c2ccc3ccccc3c21. The molecule has 94 valence electrons. The molecule has 1 atom stereocenters. The van der Waals surface area contributed by atoms with Gasteiger partial charge < -0.3 is 15.5 Å². The summed E-state index contributed by atoms with van der Waals surface area (Å²) >= 11 is 0. The first-order chi connectivity index (χ1) is 8.83. The summed E-state index contributed by atoms with van der Waals surface area (Å²) in [6.07, 6.45) is 0.663. The molecule has 0 saturated carbocycles. The van der Waals surface area contributed by atoms with Crippen LogP contribution in [-0.2, 0) is 5.54 Å². The van der Waals surface area contributed by atoms with Crippen molar-refractivity contribution in [2.45, 2.75) is 12.0 Å². The van der Waals surface area contributed by atoms with E-state index in [4.69, 9.17) is 5.11 Å². The van der Waals surface area contributed by atoms with Gasteiger partial charge in [0.25, 0.3) is 0 Å². The lowest BCUT2D eigenvalue weighted by Crippen LogP contribution is -2.33. The predicted octanol–water partition coefficient (Wildman–Crippen LogP) is 1.36. The van der Waals surface area contributed by atoms with Crippen molar-refractivity contribution in [1.29, 1.82) is 0 Å². The lowest BCUT2D eigenvalue weighted by molar-refractivity contribution is 0.237. The minimum atomic E-state index is -0.222. The largest absolute Gasteiger partial charge is 0.396 e. The van der Waals surface area contributed by atoms with Crippen LogP contribution in [0.2, 0.25) is 0 Å². The number of rotatable bonds is 5. The van der Waals surface area contributed by atoms with Crippen LogP contribution in [0.4, 0.5) is 0 Å². The number of hydrogen-bond acceptors (Lipinski definition) is 3. The molecule has 0 heterocycles. The second-order valence-corrected chi connectivity index (χ2v) is 4.74. The molecule has 1 unspecified atom stereocenters. The zero-order chi connectivity index (χ0) is 12.6. The van der Waals surface area contributed by atoms with Gasteiger partial charge in [0, 0.05) is 13.2 Å². The Morgan fingerprint density at radius 1 is 1.00 bits per heavy atom. The first kappa shape index (κ1) is 11.7. The standard InChI is InChI=1S/C15H17NO2/c17-9-7-15(16-8-10-18)13-6-5-11-3-1-2-4-12(11)14(13)15/h1-6,16-18H,7-10H2. The molecule has 2 aromatic rings. The molecule has 0 aromatic heterocycles. The van der Waals surface area contributed by atoms with Gasteiger partial charge >= 0.3 is 0 Å². The fourth-order valence-corrected chi connectivity index (χ4v) is 2.95. The van der Waals surface area contributed by atoms with Crippen molar-refractivity contribution in [1.82, 2.24) is 5.32 Å². The summed E-state index contributed by atoms with van der Waals surface area (Å²) in [5.74, 6) is 0. The van der Waals surface area contributed by atoms with Crippen LogP contribution in [0, 0.1) is 0 Å².